The maximum atomic E-state index is 12.8. The SMILES string of the molecule is CCCCCCCCCCCCCCCCCCCCOC[C@H](COP(=O)(O)OC1C(O)C(O)C(O)[C@@H](O)C1O)OC(=O)CCCCCCCCCCC. The highest BCUT2D eigenvalue weighted by Gasteiger charge is 2.51. The van der Waals surface area contributed by atoms with E-state index in [9.17, 15) is 39.8 Å². The van der Waals surface area contributed by atoms with E-state index in [2.05, 4.69) is 13.8 Å². The molecule has 6 N–H and O–H groups in total. The smallest absolute Gasteiger partial charge is 0.457 e. The third-order valence-corrected chi connectivity index (χ3v) is 11.5. The first kappa shape index (κ1) is 51.4. The zero-order valence-corrected chi connectivity index (χ0v) is 34.9. The number of ether oxygens (including phenoxy) is 2. The Labute approximate surface area is 327 Å². The van der Waals surface area contributed by atoms with Crippen molar-refractivity contribution < 1.29 is 58.3 Å². The van der Waals surface area contributed by atoms with E-state index in [1.165, 1.54) is 128 Å². The summed E-state index contributed by atoms with van der Waals surface area (Å²) >= 11 is 0. The summed E-state index contributed by atoms with van der Waals surface area (Å²) in [5, 5.41) is 50.0. The fourth-order valence-corrected chi connectivity index (χ4v) is 7.92. The molecule has 0 aliphatic heterocycles. The second kappa shape index (κ2) is 33.3. The molecule has 0 aromatic carbocycles. The Bertz CT molecular complexity index is 911. The van der Waals surface area contributed by atoms with E-state index in [0.717, 1.165) is 38.5 Å². The zero-order valence-electron chi connectivity index (χ0n) is 34.0. The molecular formula is C41H81O12P. The molecule has 1 fully saturated rings. The number of hydrogen-bond donors (Lipinski definition) is 6. The van der Waals surface area contributed by atoms with E-state index in [0.29, 0.717) is 13.0 Å². The second-order valence-electron chi connectivity index (χ2n) is 15.6. The summed E-state index contributed by atoms with van der Waals surface area (Å²) in [6.45, 7) is 4.25. The Morgan fingerprint density at radius 2 is 0.870 bits per heavy atom. The van der Waals surface area contributed by atoms with Crippen LogP contribution in [0.2, 0.25) is 0 Å². The molecule has 1 aliphatic rings. The Morgan fingerprint density at radius 1 is 0.519 bits per heavy atom. The van der Waals surface area contributed by atoms with Crippen LogP contribution in [-0.4, -0.2) is 98.9 Å². The van der Waals surface area contributed by atoms with Crippen LogP contribution in [0.5, 0.6) is 0 Å². The van der Waals surface area contributed by atoms with Crippen LogP contribution < -0.4 is 0 Å². The molecule has 0 heterocycles. The number of carbonyl (C=O) groups excluding carboxylic acids is 1. The van der Waals surface area contributed by atoms with Crippen molar-refractivity contribution in [2.75, 3.05) is 19.8 Å². The van der Waals surface area contributed by atoms with E-state index < -0.39 is 63.1 Å². The molecule has 6 unspecified atom stereocenters. The number of carbonyl (C=O) groups is 1. The van der Waals surface area contributed by atoms with Gasteiger partial charge in [0.2, 0.25) is 0 Å². The van der Waals surface area contributed by atoms with Gasteiger partial charge < -0.3 is 39.9 Å². The van der Waals surface area contributed by atoms with Gasteiger partial charge in [-0.15, -0.1) is 0 Å². The van der Waals surface area contributed by atoms with Crippen molar-refractivity contribution >= 4 is 13.8 Å². The van der Waals surface area contributed by atoms with Gasteiger partial charge in [0.25, 0.3) is 0 Å². The lowest BCUT2D eigenvalue weighted by atomic mass is 9.85. The molecule has 0 radical (unpaired) electrons. The van der Waals surface area contributed by atoms with E-state index in [1.54, 1.807) is 0 Å². The first-order valence-electron chi connectivity index (χ1n) is 21.9. The third kappa shape index (κ3) is 25.6. The van der Waals surface area contributed by atoms with Crippen molar-refractivity contribution in [3.63, 3.8) is 0 Å². The first-order chi connectivity index (χ1) is 26.0. The van der Waals surface area contributed by atoms with Gasteiger partial charge in [-0.25, -0.2) is 4.57 Å². The summed E-state index contributed by atoms with van der Waals surface area (Å²) in [5.41, 5.74) is 0. The number of phosphoric acid groups is 1. The number of rotatable bonds is 37. The van der Waals surface area contributed by atoms with Crippen LogP contribution in [0, 0.1) is 0 Å². The highest BCUT2D eigenvalue weighted by atomic mass is 31.2. The summed E-state index contributed by atoms with van der Waals surface area (Å²) in [4.78, 5) is 23.0. The standard InChI is InChI=1S/C41H81O12P/c1-3-5-7-9-11-13-14-15-16-17-18-19-20-21-23-25-27-29-31-50-32-34(52-35(42)30-28-26-24-22-12-10-8-6-4-2)33-51-54(48,49)53-41-39(46)37(44)36(43)38(45)40(41)47/h34,36-41,43-47H,3-33H2,1-2H3,(H,48,49)/t34-,36?,37-,38?,39?,40?,41?/m1/s1. The largest absolute Gasteiger partial charge is 0.472 e. The predicted molar refractivity (Wildman–Crippen MR) is 212 cm³/mol. The first-order valence-corrected chi connectivity index (χ1v) is 23.4. The number of aliphatic hydroxyl groups is 5. The van der Waals surface area contributed by atoms with Crippen LogP contribution in [0.3, 0.4) is 0 Å². The highest BCUT2D eigenvalue weighted by molar-refractivity contribution is 7.47. The number of esters is 1. The fraction of sp³-hybridized carbons (Fsp3) is 0.976. The maximum absolute atomic E-state index is 12.8. The summed E-state index contributed by atoms with van der Waals surface area (Å²) in [5.74, 6) is -0.477. The monoisotopic (exact) mass is 797 g/mol. The van der Waals surface area contributed by atoms with Crippen molar-refractivity contribution in [1.82, 2.24) is 0 Å². The van der Waals surface area contributed by atoms with Crippen molar-refractivity contribution in [2.24, 2.45) is 0 Å². The fourth-order valence-electron chi connectivity index (χ4n) is 6.94. The van der Waals surface area contributed by atoms with Gasteiger partial charge in [-0.2, -0.15) is 0 Å². The van der Waals surface area contributed by atoms with Gasteiger partial charge in [0.1, 0.15) is 42.7 Å². The summed E-state index contributed by atoms with van der Waals surface area (Å²) < 4.78 is 34.0. The van der Waals surface area contributed by atoms with Crippen LogP contribution in [0.25, 0.3) is 0 Å². The van der Waals surface area contributed by atoms with Gasteiger partial charge >= 0.3 is 13.8 Å². The quantitative estimate of drug-likeness (QED) is 0.0201. The number of hydrogen-bond acceptors (Lipinski definition) is 11. The molecule has 1 aliphatic carbocycles. The third-order valence-electron chi connectivity index (χ3n) is 10.5. The van der Waals surface area contributed by atoms with E-state index >= 15 is 0 Å². The van der Waals surface area contributed by atoms with Gasteiger partial charge in [-0.1, -0.05) is 174 Å². The molecule has 0 saturated heterocycles. The van der Waals surface area contributed by atoms with Crippen molar-refractivity contribution in [2.45, 2.75) is 236 Å². The lowest BCUT2D eigenvalue weighted by Crippen LogP contribution is -2.64. The molecular weight excluding hydrogens is 715 g/mol. The van der Waals surface area contributed by atoms with Crippen molar-refractivity contribution in [3.8, 4) is 0 Å². The van der Waals surface area contributed by atoms with Crippen LogP contribution in [0.1, 0.15) is 194 Å². The molecule has 0 amide bonds. The molecule has 322 valence electrons. The highest BCUT2D eigenvalue weighted by Crippen LogP contribution is 2.47. The molecule has 0 bridgehead atoms. The Hall–Kier alpha value is -0.660. The summed E-state index contributed by atoms with van der Waals surface area (Å²) in [6, 6.07) is 0. The van der Waals surface area contributed by atoms with E-state index in [-0.39, 0.29) is 13.0 Å². The van der Waals surface area contributed by atoms with E-state index in [4.69, 9.17) is 18.5 Å². The maximum Gasteiger partial charge on any atom is 0.472 e. The van der Waals surface area contributed by atoms with Crippen LogP contribution >= 0.6 is 7.82 Å². The lowest BCUT2D eigenvalue weighted by Gasteiger charge is -2.41. The summed E-state index contributed by atoms with van der Waals surface area (Å²) in [6.07, 6.45) is 20.5. The molecule has 0 aromatic rings. The Balaban J connectivity index is 2.35. The second-order valence-corrected chi connectivity index (χ2v) is 17.0. The predicted octanol–water partition coefficient (Wildman–Crippen LogP) is 8.20. The normalized spacial score (nSPS) is 23.3. The molecule has 12 nitrogen and oxygen atoms in total. The topological polar surface area (TPSA) is 192 Å². The minimum atomic E-state index is -5.00. The van der Waals surface area contributed by atoms with Gasteiger partial charge in [0.05, 0.1) is 13.2 Å². The van der Waals surface area contributed by atoms with Crippen LogP contribution in [0.15, 0.2) is 0 Å². The van der Waals surface area contributed by atoms with Crippen molar-refractivity contribution in [1.29, 1.82) is 0 Å². The molecule has 13 heteroatoms. The van der Waals surface area contributed by atoms with Crippen LogP contribution in [-0.2, 0) is 27.9 Å². The minimum absolute atomic E-state index is 0.0687. The summed E-state index contributed by atoms with van der Waals surface area (Å²) in [7, 11) is -5.00. The van der Waals surface area contributed by atoms with Gasteiger partial charge in [-0.05, 0) is 12.8 Å². The molecule has 1 saturated carbocycles. The Morgan fingerprint density at radius 3 is 1.28 bits per heavy atom. The van der Waals surface area contributed by atoms with Gasteiger partial charge in [-0.3, -0.25) is 13.8 Å². The average Bonchev–Trinajstić information content (AvgIpc) is 3.15. The Kier molecular flexibility index (Phi) is 31.7. The van der Waals surface area contributed by atoms with Crippen molar-refractivity contribution in [3.05, 3.63) is 0 Å². The molecule has 1 rings (SSSR count). The lowest BCUT2D eigenvalue weighted by molar-refractivity contribution is -0.220. The van der Waals surface area contributed by atoms with E-state index in [1.807, 2.05) is 0 Å². The van der Waals surface area contributed by atoms with Gasteiger partial charge in [0, 0.05) is 13.0 Å². The number of aliphatic hydroxyl groups excluding tert-OH is 5. The zero-order chi connectivity index (χ0) is 39.9. The van der Waals surface area contributed by atoms with Gasteiger partial charge in [0.15, 0.2) is 0 Å². The minimum Gasteiger partial charge on any atom is -0.457 e. The molecule has 54 heavy (non-hydrogen) atoms. The molecule has 0 spiro atoms. The number of phosphoric ester groups is 1. The molecule has 0 aromatic heterocycles. The average molecular weight is 797 g/mol. The molecule has 8 atom stereocenters. The van der Waals surface area contributed by atoms with Crippen LogP contribution in [0.4, 0.5) is 0 Å². The number of unbranched alkanes of at least 4 members (excludes halogenated alkanes) is 25.